The van der Waals surface area contributed by atoms with Crippen LogP contribution in [-0.4, -0.2) is 27.0 Å². The summed E-state index contributed by atoms with van der Waals surface area (Å²) < 4.78 is 4.85. The van der Waals surface area contributed by atoms with Crippen molar-refractivity contribution in [3.05, 3.63) is 31.0 Å². The van der Waals surface area contributed by atoms with Crippen LogP contribution in [0.1, 0.15) is 0 Å². The summed E-state index contributed by atoms with van der Waals surface area (Å²) in [5.74, 6) is 0. The highest BCUT2D eigenvalue weighted by Crippen LogP contribution is 2.13. The Morgan fingerprint density at radius 1 is 1.14 bits per heavy atom. The lowest BCUT2D eigenvalue weighted by atomic mass is 10.2. The monoisotopic (exact) mass is 188 g/mol. The lowest BCUT2D eigenvalue weighted by molar-refractivity contribution is 0.380. The molecule has 0 unspecified atom stereocenters. The molecule has 0 fully saturated rings. The molecule has 0 saturated heterocycles. The van der Waals surface area contributed by atoms with Gasteiger partial charge in [-0.3, -0.25) is 0 Å². The molecule has 5 heteroatoms. The first-order valence-corrected chi connectivity index (χ1v) is 4.02. The Bertz CT molecular complexity index is 401. The number of ether oxygens (including phenoxy) is 1. The van der Waals surface area contributed by atoms with E-state index < -0.39 is 0 Å². The molecule has 2 rings (SSSR count). The van der Waals surface area contributed by atoms with E-state index in [4.69, 9.17) is 4.74 Å². The van der Waals surface area contributed by atoms with Crippen molar-refractivity contribution in [3.8, 4) is 17.3 Å². The number of hydrogen-bond donors (Lipinski definition) is 0. The van der Waals surface area contributed by atoms with Gasteiger partial charge in [0.2, 0.25) is 0 Å². The van der Waals surface area contributed by atoms with Crippen LogP contribution in [0.5, 0.6) is 6.01 Å². The number of aromatic nitrogens is 4. The summed E-state index contributed by atoms with van der Waals surface area (Å²) in [6, 6.07) is 2.15. The van der Waals surface area contributed by atoms with E-state index in [0.29, 0.717) is 6.01 Å². The van der Waals surface area contributed by atoms with Crippen LogP contribution in [0, 0.1) is 0 Å². The van der Waals surface area contributed by atoms with Gasteiger partial charge in [-0.1, -0.05) is 0 Å². The van der Waals surface area contributed by atoms with Crippen molar-refractivity contribution in [3.63, 3.8) is 0 Å². The lowest BCUT2D eigenvalue weighted by Gasteiger charge is -1.99. The molecule has 5 nitrogen and oxygen atoms in total. The Kier molecular flexibility index (Phi) is 2.31. The van der Waals surface area contributed by atoms with Crippen LogP contribution in [0.25, 0.3) is 11.3 Å². The summed E-state index contributed by atoms with van der Waals surface area (Å²) >= 11 is 0. The molecule has 0 bridgehead atoms. The van der Waals surface area contributed by atoms with Crippen LogP contribution in [0.15, 0.2) is 31.0 Å². The van der Waals surface area contributed by atoms with Gasteiger partial charge in [-0.25, -0.2) is 19.9 Å². The predicted molar refractivity (Wildman–Crippen MR) is 49.6 cm³/mol. The Hall–Kier alpha value is -2.04. The van der Waals surface area contributed by atoms with Crippen molar-refractivity contribution in [2.45, 2.75) is 0 Å². The zero-order chi connectivity index (χ0) is 9.80. The van der Waals surface area contributed by atoms with Gasteiger partial charge in [0.05, 0.1) is 12.8 Å². The molecule has 70 valence electrons. The number of hydrogen-bond acceptors (Lipinski definition) is 5. The van der Waals surface area contributed by atoms with Crippen molar-refractivity contribution < 1.29 is 4.74 Å². The average molecular weight is 188 g/mol. The first-order chi connectivity index (χ1) is 6.90. The maximum Gasteiger partial charge on any atom is 0.316 e. The molecule has 0 aliphatic rings. The quantitative estimate of drug-likeness (QED) is 0.701. The molecule has 0 aliphatic heterocycles. The molecule has 0 aliphatic carbocycles. The minimum atomic E-state index is 0.350. The first-order valence-electron chi connectivity index (χ1n) is 4.02. The first kappa shape index (κ1) is 8.55. The highest BCUT2D eigenvalue weighted by atomic mass is 16.5. The van der Waals surface area contributed by atoms with Gasteiger partial charge in [0.1, 0.15) is 6.33 Å². The molecule has 0 atom stereocenters. The number of nitrogens with zero attached hydrogens (tertiary/aromatic N) is 4. The van der Waals surface area contributed by atoms with E-state index in [1.165, 1.54) is 13.4 Å². The van der Waals surface area contributed by atoms with Crippen LogP contribution in [0.2, 0.25) is 0 Å². The van der Waals surface area contributed by atoms with Crippen molar-refractivity contribution >= 4 is 0 Å². The van der Waals surface area contributed by atoms with Crippen LogP contribution >= 0.6 is 0 Å². The minimum absolute atomic E-state index is 0.350. The Morgan fingerprint density at radius 3 is 2.50 bits per heavy atom. The van der Waals surface area contributed by atoms with Crippen LogP contribution in [0.4, 0.5) is 0 Å². The van der Waals surface area contributed by atoms with E-state index in [2.05, 4.69) is 19.9 Å². The third kappa shape index (κ3) is 1.66. The van der Waals surface area contributed by atoms with Gasteiger partial charge in [-0.15, -0.1) is 0 Å². The molecule has 0 radical (unpaired) electrons. The summed E-state index contributed by atoms with van der Waals surface area (Å²) in [5, 5.41) is 0. The molecule has 0 aromatic carbocycles. The maximum atomic E-state index is 4.85. The Morgan fingerprint density at radius 2 is 1.93 bits per heavy atom. The number of rotatable bonds is 2. The van der Waals surface area contributed by atoms with Gasteiger partial charge in [0.15, 0.2) is 0 Å². The van der Waals surface area contributed by atoms with Crippen molar-refractivity contribution in [1.29, 1.82) is 0 Å². The standard InChI is InChI=1S/C9H8N4O/c1-14-9-11-4-7(5-12-9)8-2-3-10-6-13-8/h2-6H,1H3. The Balaban J connectivity index is 2.34. The van der Waals surface area contributed by atoms with Crippen LogP contribution in [0.3, 0.4) is 0 Å². The zero-order valence-corrected chi connectivity index (χ0v) is 7.58. The van der Waals surface area contributed by atoms with Gasteiger partial charge in [-0.05, 0) is 6.07 Å². The summed E-state index contributed by atoms with van der Waals surface area (Å²) in [7, 11) is 1.53. The fraction of sp³-hybridized carbons (Fsp3) is 0.111. The fourth-order valence-electron chi connectivity index (χ4n) is 1.02. The number of methoxy groups -OCH3 is 1. The topological polar surface area (TPSA) is 60.8 Å². The molecule has 0 amide bonds. The second-order valence-corrected chi connectivity index (χ2v) is 2.55. The fourth-order valence-corrected chi connectivity index (χ4v) is 1.02. The predicted octanol–water partition coefficient (Wildman–Crippen LogP) is 0.942. The minimum Gasteiger partial charge on any atom is -0.467 e. The smallest absolute Gasteiger partial charge is 0.316 e. The Labute approximate surface area is 80.8 Å². The summed E-state index contributed by atoms with van der Waals surface area (Å²) in [6.07, 6.45) is 6.48. The van der Waals surface area contributed by atoms with Crippen molar-refractivity contribution in [2.75, 3.05) is 7.11 Å². The van der Waals surface area contributed by atoms with E-state index in [0.717, 1.165) is 11.3 Å². The summed E-state index contributed by atoms with van der Waals surface area (Å²) in [6.45, 7) is 0. The van der Waals surface area contributed by atoms with E-state index >= 15 is 0 Å². The summed E-state index contributed by atoms with van der Waals surface area (Å²) in [5.41, 5.74) is 1.64. The lowest BCUT2D eigenvalue weighted by Crippen LogP contribution is -1.92. The SMILES string of the molecule is COc1ncc(-c2ccncn2)cn1. The molecule has 2 aromatic rings. The second kappa shape index (κ2) is 3.78. The second-order valence-electron chi connectivity index (χ2n) is 2.55. The van der Waals surface area contributed by atoms with Gasteiger partial charge in [0, 0.05) is 24.2 Å². The molecule has 14 heavy (non-hydrogen) atoms. The molecule has 0 saturated carbocycles. The van der Waals surface area contributed by atoms with Crippen molar-refractivity contribution in [1.82, 2.24) is 19.9 Å². The normalized spacial score (nSPS) is 9.79. The molecular formula is C9H8N4O. The van der Waals surface area contributed by atoms with E-state index in [1.807, 2.05) is 0 Å². The van der Waals surface area contributed by atoms with Gasteiger partial charge < -0.3 is 4.74 Å². The maximum absolute atomic E-state index is 4.85. The third-order valence-electron chi connectivity index (χ3n) is 1.69. The molecule has 2 aromatic heterocycles. The molecule has 0 N–H and O–H groups in total. The average Bonchev–Trinajstić information content (AvgIpc) is 2.30. The highest BCUT2D eigenvalue weighted by Gasteiger charge is 2.00. The zero-order valence-electron chi connectivity index (χ0n) is 7.58. The summed E-state index contributed by atoms with van der Waals surface area (Å²) in [4.78, 5) is 15.9. The molecular weight excluding hydrogens is 180 g/mol. The molecule has 0 spiro atoms. The van der Waals surface area contributed by atoms with Gasteiger partial charge in [-0.2, -0.15) is 0 Å². The van der Waals surface area contributed by atoms with E-state index in [-0.39, 0.29) is 0 Å². The van der Waals surface area contributed by atoms with Gasteiger partial charge in [0.25, 0.3) is 0 Å². The molecule has 2 heterocycles. The van der Waals surface area contributed by atoms with Crippen molar-refractivity contribution in [2.24, 2.45) is 0 Å². The largest absolute Gasteiger partial charge is 0.467 e. The third-order valence-corrected chi connectivity index (χ3v) is 1.69. The van der Waals surface area contributed by atoms with E-state index in [9.17, 15) is 0 Å². The van der Waals surface area contributed by atoms with Crippen LogP contribution < -0.4 is 4.74 Å². The van der Waals surface area contributed by atoms with Gasteiger partial charge >= 0.3 is 6.01 Å². The van der Waals surface area contributed by atoms with E-state index in [1.54, 1.807) is 24.7 Å². The highest BCUT2D eigenvalue weighted by molar-refractivity contribution is 5.55. The van der Waals surface area contributed by atoms with Crippen LogP contribution in [-0.2, 0) is 0 Å².